The summed E-state index contributed by atoms with van der Waals surface area (Å²) in [4.78, 5) is 2.23. The number of furan rings is 1. The predicted molar refractivity (Wildman–Crippen MR) is 88.4 cm³/mol. The van der Waals surface area contributed by atoms with Crippen LogP contribution in [0.1, 0.15) is 30.2 Å². The summed E-state index contributed by atoms with van der Waals surface area (Å²) >= 11 is 0. The lowest BCUT2D eigenvalue weighted by molar-refractivity contribution is 0.221. The van der Waals surface area contributed by atoms with Crippen LogP contribution in [0.15, 0.2) is 45.9 Å². The molecule has 1 aliphatic heterocycles. The molecule has 2 aromatic rings. The Balaban J connectivity index is 1.76. The second-order valence-corrected chi connectivity index (χ2v) is 8.27. The second kappa shape index (κ2) is 6.66. The number of nitrogens with zero attached hydrogens (tertiary/aromatic N) is 2. The van der Waals surface area contributed by atoms with Crippen molar-refractivity contribution in [1.29, 1.82) is 0 Å². The maximum Gasteiger partial charge on any atom is 0.275 e. The van der Waals surface area contributed by atoms with Crippen molar-refractivity contribution in [1.82, 2.24) is 9.21 Å². The summed E-state index contributed by atoms with van der Waals surface area (Å²) in [6.07, 6.45) is 2.04. The molecule has 0 saturated carbocycles. The van der Waals surface area contributed by atoms with Crippen molar-refractivity contribution < 1.29 is 17.2 Å². The SMILES string of the molecule is CN(C)S(=O)(=O)c1ccc(CN2CCCC2c2ccc(F)cc2)o1. The van der Waals surface area contributed by atoms with Crippen molar-refractivity contribution in [3.63, 3.8) is 0 Å². The molecule has 0 radical (unpaired) electrons. The Kier molecular flexibility index (Phi) is 4.76. The lowest BCUT2D eigenvalue weighted by atomic mass is 10.0. The molecule has 0 bridgehead atoms. The van der Waals surface area contributed by atoms with Crippen LogP contribution < -0.4 is 0 Å². The van der Waals surface area contributed by atoms with E-state index in [1.807, 2.05) is 12.1 Å². The van der Waals surface area contributed by atoms with Gasteiger partial charge < -0.3 is 4.42 Å². The minimum absolute atomic E-state index is 0.0416. The number of hydrogen-bond acceptors (Lipinski definition) is 4. The standard InChI is InChI=1S/C17H21FN2O3S/c1-19(2)24(21,22)17-10-9-15(23-17)12-20-11-3-4-16(20)13-5-7-14(18)8-6-13/h5-10,16H,3-4,11-12H2,1-2H3. The summed E-state index contributed by atoms with van der Waals surface area (Å²) in [6.45, 7) is 1.43. The molecular formula is C17H21FN2O3S. The van der Waals surface area contributed by atoms with E-state index in [4.69, 9.17) is 4.42 Å². The summed E-state index contributed by atoms with van der Waals surface area (Å²) in [6, 6.07) is 9.96. The molecule has 2 heterocycles. The monoisotopic (exact) mass is 352 g/mol. The molecule has 1 aliphatic rings. The van der Waals surface area contributed by atoms with Crippen LogP contribution >= 0.6 is 0 Å². The molecule has 1 fully saturated rings. The molecule has 130 valence electrons. The number of halogens is 1. The Morgan fingerprint density at radius 2 is 1.92 bits per heavy atom. The van der Waals surface area contributed by atoms with Gasteiger partial charge in [0.15, 0.2) is 0 Å². The van der Waals surface area contributed by atoms with E-state index in [0.717, 1.165) is 29.3 Å². The summed E-state index contributed by atoms with van der Waals surface area (Å²) in [5, 5.41) is -0.0416. The van der Waals surface area contributed by atoms with Crippen LogP contribution in [0.5, 0.6) is 0 Å². The van der Waals surface area contributed by atoms with E-state index < -0.39 is 10.0 Å². The summed E-state index contributed by atoms with van der Waals surface area (Å²) in [5.74, 6) is 0.373. The molecule has 24 heavy (non-hydrogen) atoms. The molecule has 0 spiro atoms. The van der Waals surface area contributed by atoms with E-state index in [9.17, 15) is 12.8 Å². The van der Waals surface area contributed by atoms with Crippen LogP contribution in [0.4, 0.5) is 4.39 Å². The Bertz CT molecular complexity index is 799. The van der Waals surface area contributed by atoms with Crippen LogP contribution in [-0.4, -0.2) is 38.3 Å². The van der Waals surface area contributed by atoms with E-state index >= 15 is 0 Å². The Hall–Kier alpha value is -1.70. The summed E-state index contributed by atoms with van der Waals surface area (Å²) in [7, 11) is -0.604. The first-order chi connectivity index (χ1) is 11.4. The third-order valence-corrected chi connectivity index (χ3v) is 6.04. The number of benzene rings is 1. The fourth-order valence-electron chi connectivity index (χ4n) is 3.04. The predicted octanol–water partition coefficient (Wildman–Crippen LogP) is 3.01. The van der Waals surface area contributed by atoms with E-state index in [1.165, 1.54) is 32.3 Å². The first-order valence-electron chi connectivity index (χ1n) is 7.88. The Morgan fingerprint density at radius 1 is 1.21 bits per heavy atom. The van der Waals surface area contributed by atoms with Gasteiger partial charge in [-0.15, -0.1) is 0 Å². The number of likely N-dealkylation sites (tertiary alicyclic amines) is 1. The molecule has 0 aliphatic carbocycles. The van der Waals surface area contributed by atoms with Gasteiger partial charge in [0.05, 0.1) is 6.54 Å². The van der Waals surface area contributed by atoms with Gasteiger partial charge in [0.2, 0.25) is 5.09 Å². The lowest BCUT2D eigenvalue weighted by Crippen LogP contribution is -2.23. The molecule has 7 heteroatoms. The van der Waals surface area contributed by atoms with Crippen LogP contribution in [0, 0.1) is 5.82 Å². The number of rotatable bonds is 5. The van der Waals surface area contributed by atoms with Gasteiger partial charge in [-0.05, 0) is 49.2 Å². The highest BCUT2D eigenvalue weighted by atomic mass is 32.2. The average molecular weight is 352 g/mol. The molecular weight excluding hydrogens is 331 g/mol. The normalized spacial score (nSPS) is 19.2. The average Bonchev–Trinajstić information content (AvgIpc) is 3.18. The zero-order valence-corrected chi connectivity index (χ0v) is 14.6. The summed E-state index contributed by atoms with van der Waals surface area (Å²) < 4.78 is 43.9. The van der Waals surface area contributed by atoms with Gasteiger partial charge in [-0.25, -0.2) is 17.1 Å². The number of hydrogen-bond donors (Lipinski definition) is 0. The van der Waals surface area contributed by atoms with Crippen molar-refractivity contribution in [3.8, 4) is 0 Å². The highest BCUT2D eigenvalue weighted by Gasteiger charge is 2.28. The third-order valence-electron chi connectivity index (χ3n) is 4.35. The van der Waals surface area contributed by atoms with E-state index in [1.54, 1.807) is 6.07 Å². The van der Waals surface area contributed by atoms with Gasteiger partial charge in [0.25, 0.3) is 10.0 Å². The largest absolute Gasteiger partial charge is 0.447 e. The highest BCUT2D eigenvalue weighted by Crippen LogP contribution is 2.33. The van der Waals surface area contributed by atoms with Crippen molar-refractivity contribution in [3.05, 3.63) is 53.5 Å². The van der Waals surface area contributed by atoms with Gasteiger partial charge in [-0.1, -0.05) is 12.1 Å². The van der Waals surface area contributed by atoms with Gasteiger partial charge >= 0.3 is 0 Å². The van der Waals surface area contributed by atoms with Gasteiger partial charge in [0, 0.05) is 20.1 Å². The first-order valence-corrected chi connectivity index (χ1v) is 9.32. The molecule has 0 amide bonds. The zero-order chi connectivity index (χ0) is 17.3. The van der Waals surface area contributed by atoms with Gasteiger partial charge in [-0.2, -0.15) is 0 Å². The molecule has 1 aromatic carbocycles. The maximum atomic E-state index is 13.1. The van der Waals surface area contributed by atoms with Crippen LogP contribution in [0.25, 0.3) is 0 Å². The van der Waals surface area contributed by atoms with Crippen molar-refractivity contribution in [2.75, 3.05) is 20.6 Å². The third kappa shape index (κ3) is 3.38. The first kappa shape index (κ1) is 17.1. The van der Waals surface area contributed by atoms with Crippen molar-refractivity contribution >= 4 is 10.0 Å². The summed E-state index contributed by atoms with van der Waals surface area (Å²) in [5.41, 5.74) is 1.07. The van der Waals surface area contributed by atoms with Crippen LogP contribution in [-0.2, 0) is 16.6 Å². The second-order valence-electron chi connectivity index (χ2n) is 6.19. The van der Waals surface area contributed by atoms with E-state index in [0.29, 0.717) is 12.3 Å². The molecule has 1 atom stereocenters. The van der Waals surface area contributed by atoms with Gasteiger partial charge in [-0.3, -0.25) is 4.90 Å². The lowest BCUT2D eigenvalue weighted by Gasteiger charge is -2.23. The maximum absolute atomic E-state index is 13.1. The molecule has 1 aromatic heterocycles. The smallest absolute Gasteiger partial charge is 0.275 e. The molecule has 1 saturated heterocycles. The van der Waals surface area contributed by atoms with Gasteiger partial charge in [0.1, 0.15) is 11.6 Å². The fraction of sp³-hybridized carbons (Fsp3) is 0.412. The fourth-order valence-corrected chi connectivity index (χ4v) is 3.85. The molecule has 1 unspecified atom stereocenters. The number of sulfonamides is 1. The Morgan fingerprint density at radius 3 is 2.58 bits per heavy atom. The minimum atomic E-state index is -3.55. The molecule has 0 N–H and O–H groups in total. The Labute approximate surface area is 141 Å². The van der Waals surface area contributed by atoms with Crippen molar-refractivity contribution in [2.45, 2.75) is 30.5 Å². The van der Waals surface area contributed by atoms with E-state index in [-0.39, 0.29) is 17.0 Å². The quantitative estimate of drug-likeness (QED) is 0.830. The topological polar surface area (TPSA) is 53.8 Å². The van der Waals surface area contributed by atoms with Crippen LogP contribution in [0.2, 0.25) is 0 Å². The molecule has 5 nitrogen and oxygen atoms in total. The highest BCUT2D eigenvalue weighted by molar-refractivity contribution is 7.88. The minimum Gasteiger partial charge on any atom is -0.447 e. The molecule has 3 rings (SSSR count). The van der Waals surface area contributed by atoms with Crippen LogP contribution in [0.3, 0.4) is 0 Å². The zero-order valence-electron chi connectivity index (χ0n) is 13.8. The van der Waals surface area contributed by atoms with Crippen molar-refractivity contribution in [2.24, 2.45) is 0 Å². The van der Waals surface area contributed by atoms with E-state index in [2.05, 4.69) is 4.90 Å².